The summed E-state index contributed by atoms with van der Waals surface area (Å²) < 4.78 is 10.5. The molecule has 0 unspecified atom stereocenters. The topological polar surface area (TPSA) is 81.4 Å². The van der Waals surface area contributed by atoms with Crippen molar-refractivity contribution in [2.24, 2.45) is 0 Å². The van der Waals surface area contributed by atoms with Gasteiger partial charge < -0.3 is 14.5 Å². The van der Waals surface area contributed by atoms with Crippen molar-refractivity contribution >= 4 is 23.6 Å². The van der Waals surface area contributed by atoms with Crippen LogP contribution in [-0.2, 0) is 9.53 Å². The van der Waals surface area contributed by atoms with Gasteiger partial charge in [0.25, 0.3) is 5.91 Å². The highest BCUT2D eigenvalue weighted by molar-refractivity contribution is 6.03. The number of aryl methyl sites for hydroxylation is 1. The molecule has 0 aliphatic rings. The Morgan fingerprint density at radius 1 is 1.11 bits per heavy atom. The van der Waals surface area contributed by atoms with Crippen molar-refractivity contribution in [3.63, 3.8) is 0 Å². The van der Waals surface area contributed by atoms with Crippen LogP contribution in [0.2, 0.25) is 0 Å². The molecule has 1 N–H and O–H groups in total. The van der Waals surface area contributed by atoms with Crippen LogP contribution in [0, 0.1) is 6.92 Å². The lowest BCUT2D eigenvalue weighted by Gasteiger charge is -2.04. The lowest BCUT2D eigenvalue weighted by Crippen LogP contribution is -2.13. The number of rotatable bonds is 6. The Morgan fingerprint density at radius 3 is 2.50 bits per heavy atom. The normalized spacial score (nSPS) is 10.8. The SMILES string of the molecule is CCOC(=O)/C=C/c1ccc(NC(=O)c2nc(-c3ccccc3)oc2C)cc1. The number of oxazole rings is 1. The van der Waals surface area contributed by atoms with Crippen molar-refractivity contribution in [3.05, 3.63) is 77.7 Å². The molecule has 0 fully saturated rings. The number of esters is 1. The molecule has 0 saturated heterocycles. The smallest absolute Gasteiger partial charge is 0.330 e. The molecular formula is C22H20N2O4. The fourth-order valence-corrected chi connectivity index (χ4v) is 2.53. The molecular weight excluding hydrogens is 356 g/mol. The number of carbonyl (C=O) groups is 2. The van der Waals surface area contributed by atoms with Crippen LogP contribution in [0.3, 0.4) is 0 Å². The third kappa shape index (κ3) is 4.73. The molecule has 28 heavy (non-hydrogen) atoms. The van der Waals surface area contributed by atoms with Crippen molar-refractivity contribution in [1.82, 2.24) is 4.98 Å². The van der Waals surface area contributed by atoms with Crippen LogP contribution in [0.25, 0.3) is 17.5 Å². The Kier molecular flexibility index (Phi) is 6.01. The van der Waals surface area contributed by atoms with E-state index in [4.69, 9.17) is 9.15 Å². The highest BCUT2D eigenvalue weighted by Gasteiger charge is 2.18. The summed E-state index contributed by atoms with van der Waals surface area (Å²) in [6.45, 7) is 3.79. The molecule has 3 aromatic rings. The first-order valence-electron chi connectivity index (χ1n) is 8.86. The first-order valence-corrected chi connectivity index (χ1v) is 8.86. The van der Waals surface area contributed by atoms with Gasteiger partial charge in [0.1, 0.15) is 5.76 Å². The predicted octanol–water partition coefficient (Wildman–Crippen LogP) is 4.48. The lowest BCUT2D eigenvalue weighted by molar-refractivity contribution is -0.137. The molecule has 0 saturated carbocycles. The maximum absolute atomic E-state index is 12.5. The van der Waals surface area contributed by atoms with E-state index in [9.17, 15) is 9.59 Å². The van der Waals surface area contributed by atoms with Crippen molar-refractivity contribution in [1.29, 1.82) is 0 Å². The van der Waals surface area contributed by atoms with E-state index in [1.807, 2.05) is 30.3 Å². The van der Waals surface area contributed by atoms with Gasteiger partial charge in [-0.1, -0.05) is 30.3 Å². The van der Waals surface area contributed by atoms with Crippen LogP contribution in [-0.4, -0.2) is 23.5 Å². The summed E-state index contributed by atoms with van der Waals surface area (Å²) in [5, 5.41) is 2.80. The minimum absolute atomic E-state index is 0.241. The zero-order valence-corrected chi connectivity index (χ0v) is 15.6. The molecule has 0 radical (unpaired) electrons. The van der Waals surface area contributed by atoms with Gasteiger partial charge in [-0.25, -0.2) is 9.78 Å². The van der Waals surface area contributed by atoms with Gasteiger partial charge in [-0.15, -0.1) is 0 Å². The van der Waals surface area contributed by atoms with Gasteiger partial charge in [0.05, 0.1) is 6.61 Å². The maximum atomic E-state index is 12.5. The van der Waals surface area contributed by atoms with Crippen LogP contribution in [0.15, 0.2) is 65.1 Å². The number of nitrogens with one attached hydrogen (secondary N) is 1. The molecule has 1 amide bonds. The summed E-state index contributed by atoms with van der Waals surface area (Å²) in [5.41, 5.74) is 2.48. The zero-order valence-electron chi connectivity index (χ0n) is 15.6. The summed E-state index contributed by atoms with van der Waals surface area (Å²) >= 11 is 0. The Hall–Kier alpha value is -3.67. The molecule has 3 rings (SSSR count). The van der Waals surface area contributed by atoms with Crippen LogP contribution < -0.4 is 5.32 Å². The summed E-state index contributed by atoms with van der Waals surface area (Å²) in [4.78, 5) is 28.2. The van der Waals surface area contributed by atoms with E-state index in [1.165, 1.54) is 6.08 Å². The van der Waals surface area contributed by atoms with Gasteiger partial charge in [-0.05, 0) is 49.8 Å². The van der Waals surface area contributed by atoms with E-state index in [0.29, 0.717) is 23.9 Å². The quantitative estimate of drug-likeness (QED) is 0.507. The van der Waals surface area contributed by atoms with Gasteiger partial charge in [0.2, 0.25) is 5.89 Å². The van der Waals surface area contributed by atoms with E-state index in [1.54, 1.807) is 44.2 Å². The van der Waals surface area contributed by atoms with Crippen LogP contribution in [0.5, 0.6) is 0 Å². The van der Waals surface area contributed by atoms with Gasteiger partial charge in [-0.3, -0.25) is 4.79 Å². The number of anilines is 1. The van der Waals surface area contributed by atoms with Gasteiger partial charge in [-0.2, -0.15) is 0 Å². The second-order valence-electron chi connectivity index (χ2n) is 5.95. The molecule has 6 nitrogen and oxygen atoms in total. The Bertz CT molecular complexity index is 989. The largest absolute Gasteiger partial charge is 0.463 e. The van der Waals surface area contributed by atoms with Gasteiger partial charge >= 0.3 is 5.97 Å². The highest BCUT2D eigenvalue weighted by Crippen LogP contribution is 2.22. The third-order valence-electron chi connectivity index (χ3n) is 3.90. The third-order valence-corrected chi connectivity index (χ3v) is 3.90. The van der Waals surface area contributed by atoms with Crippen molar-refractivity contribution in [3.8, 4) is 11.5 Å². The van der Waals surface area contributed by atoms with Gasteiger partial charge in [0, 0.05) is 17.3 Å². The molecule has 2 aromatic carbocycles. The average Bonchev–Trinajstić information content (AvgIpc) is 3.10. The Morgan fingerprint density at radius 2 is 1.82 bits per heavy atom. The second kappa shape index (κ2) is 8.81. The summed E-state index contributed by atoms with van der Waals surface area (Å²) in [6, 6.07) is 16.5. The predicted molar refractivity (Wildman–Crippen MR) is 107 cm³/mol. The van der Waals surface area contributed by atoms with Gasteiger partial charge in [0.15, 0.2) is 5.69 Å². The molecule has 1 heterocycles. The number of aromatic nitrogens is 1. The number of carbonyl (C=O) groups excluding carboxylic acids is 2. The Balaban J connectivity index is 1.68. The van der Waals surface area contributed by atoms with E-state index in [2.05, 4.69) is 10.3 Å². The molecule has 1 aromatic heterocycles. The molecule has 0 atom stereocenters. The minimum Gasteiger partial charge on any atom is -0.463 e. The fraction of sp³-hybridized carbons (Fsp3) is 0.136. The molecule has 6 heteroatoms. The van der Waals surface area contributed by atoms with E-state index >= 15 is 0 Å². The van der Waals surface area contributed by atoms with E-state index in [0.717, 1.165) is 11.1 Å². The standard InChI is InChI=1S/C22H20N2O4/c1-3-27-19(25)14-11-16-9-12-18(13-10-16)23-21(26)20-15(2)28-22(24-20)17-7-5-4-6-8-17/h4-14H,3H2,1-2H3,(H,23,26)/b14-11+. The van der Waals surface area contributed by atoms with E-state index < -0.39 is 5.97 Å². The van der Waals surface area contributed by atoms with E-state index in [-0.39, 0.29) is 11.6 Å². The first-order chi connectivity index (χ1) is 13.6. The first kappa shape index (κ1) is 19.1. The van der Waals surface area contributed by atoms with Crippen LogP contribution >= 0.6 is 0 Å². The van der Waals surface area contributed by atoms with Crippen molar-refractivity contribution in [2.45, 2.75) is 13.8 Å². The number of amides is 1. The Labute approximate surface area is 162 Å². The maximum Gasteiger partial charge on any atom is 0.330 e. The second-order valence-corrected chi connectivity index (χ2v) is 5.95. The zero-order chi connectivity index (χ0) is 19.9. The number of benzene rings is 2. The molecule has 142 valence electrons. The minimum atomic E-state index is -0.393. The van der Waals surface area contributed by atoms with Crippen molar-refractivity contribution < 1.29 is 18.7 Å². The highest BCUT2D eigenvalue weighted by atomic mass is 16.5. The summed E-state index contributed by atoms with van der Waals surface area (Å²) in [7, 11) is 0. The molecule has 0 spiro atoms. The lowest BCUT2D eigenvalue weighted by atomic mass is 10.2. The monoisotopic (exact) mass is 376 g/mol. The average molecular weight is 376 g/mol. The number of hydrogen-bond acceptors (Lipinski definition) is 5. The summed E-state index contributed by atoms with van der Waals surface area (Å²) in [5.74, 6) is 0.113. The van der Waals surface area contributed by atoms with Crippen LogP contribution in [0.4, 0.5) is 5.69 Å². The number of hydrogen-bond donors (Lipinski definition) is 1. The van der Waals surface area contributed by atoms with Crippen molar-refractivity contribution in [2.75, 3.05) is 11.9 Å². The molecule has 0 bridgehead atoms. The molecule has 0 aliphatic heterocycles. The number of ether oxygens (including phenoxy) is 1. The van der Waals surface area contributed by atoms with Crippen LogP contribution in [0.1, 0.15) is 28.7 Å². The summed E-state index contributed by atoms with van der Waals surface area (Å²) in [6.07, 6.45) is 3.01. The fourth-order valence-electron chi connectivity index (χ4n) is 2.53. The number of nitrogens with zero attached hydrogens (tertiary/aromatic N) is 1. The molecule has 0 aliphatic carbocycles.